The lowest BCUT2D eigenvalue weighted by Gasteiger charge is -2.32. The van der Waals surface area contributed by atoms with Gasteiger partial charge in [-0.3, -0.25) is 4.79 Å². The Bertz CT molecular complexity index is 1060. The van der Waals surface area contributed by atoms with E-state index in [1.54, 1.807) is 11.3 Å². The molecule has 0 saturated heterocycles. The second kappa shape index (κ2) is 7.37. The highest BCUT2D eigenvalue weighted by molar-refractivity contribution is 14.1. The molecule has 3 unspecified atom stereocenters. The molecule has 0 bridgehead atoms. The maximum atomic E-state index is 13.4. The van der Waals surface area contributed by atoms with Crippen molar-refractivity contribution in [2.75, 3.05) is 10.6 Å². The first-order chi connectivity index (χ1) is 13.7. The summed E-state index contributed by atoms with van der Waals surface area (Å²) in [5.41, 5.74) is 4.20. The molecule has 0 saturated carbocycles. The Morgan fingerprint density at radius 3 is 2.64 bits per heavy atom. The minimum absolute atomic E-state index is 0.0890. The van der Waals surface area contributed by atoms with Crippen LogP contribution in [0.4, 0.5) is 11.4 Å². The number of benzene rings is 2. The number of rotatable bonds is 2. The molecular weight excluding hydrogens is 479 g/mol. The molecule has 3 atom stereocenters. The second-order valence-electron chi connectivity index (χ2n) is 7.24. The van der Waals surface area contributed by atoms with Crippen LogP contribution in [0.1, 0.15) is 28.8 Å². The van der Waals surface area contributed by atoms with E-state index in [4.69, 9.17) is 0 Å². The lowest BCUT2D eigenvalue weighted by molar-refractivity contribution is -0.122. The summed E-state index contributed by atoms with van der Waals surface area (Å²) in [5.74, 6) is 0.211. The van der Waals surface area contributed by atoms with Gasteiger partial charge in [-0.1, -0.05) is 36.4 Å². The molecule has 3 nitrogen and oxygen atoms in total. The Morgan fingerprint density at radius 1 is 1.00 bits per heavy atom. The molecular formula is C23H19IN2OS. The van der Waals surface area contributed by atoms with Crippen LogP contribution in [0.5, 0.6) is 0 Å². The monoisotopic (exact) mass is 498 g/mol. The number of anilines is 2. The summed E-state index contributed by atoms with van der Waals surface area (Å²) in [6.45, 7) is 0. The molecule has 2 N–H and O–H groups in total. The van der Waals surface area contributed by atoms with E-state index in [9.17, 15) is 4.79 Å². The third-order valence-corrected chi connectivity index (χ3v) is 7.13. The minimum Gasteiger partial charge on any atom is -0.375 e. The summed E-state index contributed by atoms with van der Waals surface area (Å²) in [6, 6.07) is 20.7. The van der Waals surface area contributed by atoms with Crippen LogP contribution < -0.4 is 10.6 Å². The lowest BCUT2D eigenvalue weighted by atomic mass is 9.78. The van der Waals surface area contributed by atoms with E-state index in [-0.39, 0.29) is 23.7 Å². The van der Waals surface area contributed by atoms with E-state index >= 15 is 0 Å². The number of para-hydroxylation sites is 2. The smallest absolute Gasteiger partial charge is 0.145 e. The number of Topliss-reactive ketones (excluding diaryl/α,β-unsaturated/α-hetero) is 1. The standard InChI is InChI=1S/C23H19IN2OS/c24-16-6-3-5-14(11-16)23-22-19(25-17-7-1-2-8-18(17)26-23)12-15(13-20(22)27)21-9-4-10-28-21/h1-12,15,22-23,25-26H,13H2. The third kappa shape index (κ3) is 3.26. The molecule has 1 aliphatic carbocycles. The van der Waals surface area contributed by atoms with Gasteiger partial charge in [-0.2, -0.15) is 0 Å². The fraction of sp³-hybridized carbons (Fsp3) is 0.174. The fourth-order valence-corrected chi connectivity index (χ4v) is 5.53. The van der Waals surface area contributed by atoms with Gasteiger partial charge in [0.05, 0.1) is 23.3 Å². The zero-order valence-corrected chi connectivity index (χ0v) is 18.0. The molecule has 0 radical (unpaired) electrons. The van der Waals surface area contributed by atoms with E-state index in [0.29, 0.717) is 6.42 Å². The molecule has 2 aromatic carbocycles. The molecule has 2 heterocycles. The van der Waals surface area contributed by atoms with Crippen LogP contribution in [0.2, 0.25) is 0 Å². The van der Waals surface area contributed by atoms with Crippen LogP contribution >= 0.6 is 33.9 Å². The molecule has 5 rings (SSSR count). The largest absolute Gasteiger partial charge is 0.375 e. The number of fused-ring (bicyclic) bond motifs is 2. The summed E-state index contributed by atoms with van der Waals surface area (Å²) in [5, 5.41) is 9.32. The summed E-state index contributed by atoms with van der Waals surface area (Å²) in [7, 11) is 0. The molecule has 140 valence electrons. The number of halogens is 1. The Labute approximate surface area is 182 Å². The van der Waals surface area contributed by atoms with Gasteiger partial charge in [0.2, 0.25) is 0 Å². The molecule has 0 spiro atoms. The van der Waals surface area contributed by atoms with E-state index < -0.39 is 0 Å². The number of hydrogen-bond acceptors (Lipinski definition) is 4. The molecule has 2 aliphatic rings. The van der Waals surface area contributed by atoms with Crippen molar-refractivity contribution in [3.05, 3.63) is 91.8 Å². The zero-order valence-electron chi connectivity index (χ0n) is 15.1. The molecule has 28 heavy (non-hydrogen) atoms. The highest BCUT2D eigenvalue weighted by atomic mass is 127. The summed E-state index contributed by atoms with van der Waals surface area (Å²) >= 11 is 4.05. The van der Waals surface area contributed by atoms with Gasteiger partial charge >= 0.3 is 0 Å². The van der Waals surface area contributed by atoms with Gasteiger partial charge in [0.1, 0.15) is 5.78 Å². The molecule has 1 aliphatic heterocycles. The third-order valence-electron chi connectivity index (χ3n) is 5.45. The highest BCUT2D eigenvalue weighted by Crippen LogP contribution is 2.44. The van der Waals surface area contributed by atoms with Crippen LogP contribution in [0.15, 0.2) is 77.8 Å². The van der Waals surface area contributed by atoms with E-state index in [2.05, 4.69) is 93.2 Å². The predicted octanol–water partition coefficient (Wildman–Crippen LogP) is 6.19. The molecule has 5 heteroatoms. The van der Waals surface area contributed by atoms with Crippen molar-refractivity contribution in [3.8, 4) is 0 Å². The van der Waals surface area contributed by atoms with Crippen LogP contribution in [0, 0.1) is 9.49 Å². The van der Waals surface area contributed by atoms with Crippen LogP contribution in [-0.4, -0.2) is 5.78 Å². The quantitative estimate of drug-likeness (QED) is 0.414. The number of carbonyl (C=O) groups is 1. The number of carbonyl (C=O) groups excluding carboxylic acids is 1. The number of allylic oxidation sites excluding steroid dienone is 1. The Kier molecular flexibility index (Phi) is 4.72. The maximum Gasteiger partial charge on any atom is 0.145 e. The van der Waals surface area contributed by atoms with Gasteiger partial charge in [0.25, 0.3) is 0 Å². The zero-order chi connectivity index (χ0) is 19.1. The van der Waals surface area contributed by atoms with Gasteiger partial charge in [-0.05, 0) is 63.9 Å². The second-order valence-corrected chi connectivity index (χ2v) is 9.46. The summed E-state index contributed by atoms with van der Waals surface area (Å²) in [4.78, 5) is 14.6. The van der Waals surface area contributed by atoms with Crippen LogP contribution in [0.25, 0.3) is 0 Å². The normalized spacial score (nSPS) is 23.5. The number of ketones is 1. The van der Waals surface area contributed by atoms with Gasteiger partial charge in [-0.15, -0.1) is 11.3 Å². The number of nitrogens with one attached hydrogen (secondary N) is 2. The lowest BCUT2D eigenvalue weighted by Crippen LogP contribution is -2.33. The van der Waals surface area contributed by atoms with Crippen molar-refractivity contribution < 1.29 is 4.79 Å². The summed E-state index contributed by atoms with van der Waals surface area (Å²) in [6.07, 6.45) is 2.82. The average molecular weight is 498 g/mol. The first-order valence-corrected chi connectivity index (χ1v) is 11.3. The number of thiophene rings is 1. The van der Waals surface area contributed by atoms with E-state index in [1.807, 2.05) is 12.1 Å². The van der Waals surface area contributed by atoms with Gasteiger partial charge in [0, 0.05) is 26.5 Å². The van der Waals surface area contributed by atoms with Crippen molar-refractivity contribution in [1.29, 1.82) is 0 Å². The Morgan fingerprint density at radius 2 is 1.86 bits per heavy atom. The molecule has 0 fully saturated rings. The van der Waals surface area contributed by atoms with Gasteiger partial charge in [0.15, 0.2) is 0 Å². The van der Waals surface area contributed by atoms with Crippen molar-refractivity contribution in [2.24, 2.45) is 5.92 Å². The molecule has 3 aromatic rings. The maximum absolute atomic E-state index is 13.4. The van der Waals surface area contributed by atoms with Gasteiger partial charge < -0.3 is 10.6 Å². The van der Waals surface area contributed by atoms with Gasteiger partial charge in [-0.25, -0.2) is 0 Å². The van der Waals surface area contributed by atoms with Crippen molar-refractivity contribution in [1.82, 2.24) is 0 Å². The highest BCUT2D eigenvalue weighted by Gasteiger charge is 2.39. The number of hydrogen-bond donors (Lipinski definition) is 2. The fourth-order valence-electron chi connectivity index (χ4n) is 4.17. The predicted molar refractivity (Wildman–Crippen MR) is 124 cm³/mol. The Hall–Kier alpha value is -2.12. The Balaban J connectivity index is 1.64. The minimum atomic E-state index is -0.221. The van der Waals surface area contributed by atoms with Crippen molar-refractivity contribution in [3.63, 3.8) is 0 Å². The van der Waals surface area contributed by atoms with E-state index in [0.717, 1.165) is 22.6 Å². The van der Waals surface area contributed by atoms with Crippen molar-refractivity contribution in [2.45, 2.75) is 18.4 Å². The topological polar surface area (TPSA) is 41.1 Å². The van der Waals surface area contributed by atoms with Crippen LogP contribution in [0.3, 0.4) is 0 Å². The summed E-state index contributed by atoms with van der Waals surface area (Å²) < 4.78 is 1.17. The SMILES string of the molecule is O=C1CC(c2cccs2)C=C2Nc3ccccc3NC(c3cccc(I)c3)C12. The molecule has 1 aromatic heterocycles. The van der Waals surface area contributed by atoms with E-state index in [1.165, 1.54) is 8.45 Å². The first-order valence-electron chi connectivity index (χ1n) is 9.35. The molecule has 0 amide bonds. The van der Waals surface area contributed by atoms with Crippen LogP contribution in [-0.2, 0) is 4.79 Å². The van der Waals surface area contributed by atoms with Crippen molar-refractivity contribution >= 4 is 51.1 Å². The average Bonchev–Trinajstić information content (AvgIpc) is 3.17. The first kappa shape index (κ1) is 17.9.